The molecule has 0 bridgehead atoms. The molecule has 1 aromatic carbocycles. The van der Waals surface area contributed by atoms with Crippen molar-refractivity contribution >= 4 is 17.0 Å². The fraction of sp³-hybridized carbons (Fsp3) is 0.500. The van der Waals surface area contributed by atoms with Crippen molar-refractivity contribution in [1.29, 1.82) is 0 Å². The fourth-order valence-corrected chi connectivity index (χ4v) is 3.13. The van der Waals surface area contributed by atoms with Crippen molar-refractivity contribution in [3.8, 4) is 0 Å². The second kappa shape index (κ2) is 5.85. The van der Waals surface area contributed by atoms with E-state index in [-0.39, 0.29) is 6.54 Å². The maximum absolute atomic E-state index is 11.2. The molecule has 0 aliphatic carbocycles. The Hall–Kier alpha value is -1.88. The molecule has 1 fully saturated rings. The number of carbonyl (C=O) groups is 1. The third kappa shape index (κ3) is 2.93. The van der Waals surface area contributed by atoms with Gasteiger partial charge in [0.25, 0.3) is 0 Å². The zero-order valence-electron chi connectivity index (χ0n) is 12.3. The summed E-state index contributed by atoms with van der Waals surface area (Å²) < 4.78 is 1.83. The van der Waals surface area contributed by atoms with Gasteiger partial charge >= 0.3 is 5.97 Å². The number of rotatable bonds is 4. The Morgan fingerprint density at radius 2 is 2.19 bits per heavy atom. The highest BCUT2D eigenvalue weighted by Crippen LogP contribution is 2.22. The van der Waals surface area contributed by atoms with E-state index in [0.717, 1.165) is 29.9 Å². The van der Waals surface area contributed by atoms with E-state index < -0.39 is 5.97 Å². The molecule has 2 aromatic rings. The lowest BCUT2D eigenvalue weighted by Gasteiger charge is -2.32. The Kier molecular flexibility index (Phi) is 3.92. The number of benzene rings is 1. The summed E-state index contributed by atoms with van der Waals surface area (Å²) in [4.78, 5) is 18.2. The van der Waals surface area contributed by atoms with Crippen LogP contribution in [0.25, 0.3) is 11.0 Å². The average molecular weight is 287 g/mol. The molecule has 112 valence electrons. The maximum atomic E-state index is 11.2. The number of aliphatic carboxylic acids is 1. The first-order valence-corrected chi connectivity index (χ1v) is 7.55. The van der Waals surface area contributed by atoms with E-state index in [1.165, 1.54) is 19.3 Å². The molecule has 0 radical (unpaired) electrons. The summed E-state index contributed by atoms with van der Waals surface area (Å²) in [6, 6.07) is 8.28. The molecule has 5 nitrogen and oxygen atoms in total. The molecular formula is C16H21N3O2. The summed E-state index contributed by atoms with van der Waals surface area (Å²) in [6.45, 7) is 4.00. The standard InChI is InChI=1S/C16H21N3O2/c1-12-6-4-5-9-18(12)10-15-17-13-7-2-3-8-14(13)19(15)11-16(20)21/h2-3,7-8,12H,4-6,9-11H2,1H3,(H,20,21). The molecule has 1 aromatic heterocycles. The van der Waals surface area contributed by atoms with Gasteiger partial charge in [-0.3, -0.25) is 9.69 Å². The fourth-order valence-electron chi connectivity index (χ4n) is 3.13. The number of para-hydroxylation sites is 2. The molecule has 0 amide bonds. The minimum Gasteiger partial charge on any atom is -0.480 e. The summed E-state index contributed by atoms with van der Waals surface area (Å²) in [5.41, 5.74) is 1.78. The van der Waals surface area contributed by atoms with Gasteiger partial charge < -0.3 is 9.67 Å². The number of carboxylic acid groups (broad SMARTS) is 1. The maximum Gasteiger partial charge on any atom is 0.323 e. The Balaban J connectivity index is 1.94. The van der Waals surface area contributed by atoms with Crippen LogP contribution in [0.2, 0.25) is 0 Å². The number of piperidine rings is 1. The summed E-state index contributed by atoms with van der Waals surface area (Å²) in [7, 11) is 0. The molecule has 21 heavy (non-hydrogen) atoms. The van der Waals surface area contributed by atoms with Gasteiger partial charge in [0.05, 0.1) is 17.6 Å². The van der Waals surface area contributed by atoms with Gasteiger partial charge in [-0.05, 0) is 38.4 Å². The molecule has 1 aliphatic rings. The SMILES string of the molecule is CC1CCCCN1Cc1nc2ccccc2n1CC(=O)O. The molecule has 1 aliphatic heterocycles. The highest BCUT2D eigenvalue weighted by molar-refractivity contribution is 5.78. The number of carboxylic acids is 1. The van der Waals surface area contributed by atoms with Gasteiger partial charge in [-0.15, -0.1) is 0 Å². The monoisotopic (exact) mass is 287 g/mol. The first-order chi connectivity index (χ1) is 10.1. The van der Waals surface area contributed by atoms with Gasteiger partial charge in [-0.25, -0.2) is 4.98 Å². The van der Waals surface area contributed by atoms with Crippen LogP contribution in [-0.4, -0.2) is 38.1 Å². The summed E-state index contributed by atoms with van der Waals surface area (Å²) >= 11 is 0. The van der Waals surface area contributed by atoms with Crippen LogP contribution in [-0.2, 0) is 17.9 Å². The van der Waals surface area contributed by atoms with Crippen LogP contribution in [0.5, 0.6) is 0 Å². The number of aromatic nitrogens is 2. The van der Waals surface area contributed by atoms with E-state index >= 15 is 0 Å². The van der Waals surface area contributed by atoms with Crippen molar-refractivity contribution in [2.45, 2.75) is 45.3 Å². The Labute approximate surface area is 124 Å². The van der Waals surface area contributed by atoms with Crippen LogP contribution in [0.1, 0.15) is 32.0 Å². The van der Waals surface area contributed by atoms with Crippen LogP contribution in [0.4, 0.5) is 0 Å². The third-order valence-electron chi connectivity index (χ3n) is 4.31. The molecule has 3 rings (SSSR count). The number of hydrogen-bond donors (Lipinski definition) is 1. The highest BCUT2D eigenvalue weighted by Gasteiger charge is 2.21. The number of nitrogens with zero attached hydrogens (tertiary/aromatic N) is 3. The lowest BCUT2D eigenvalue weighted by Crippen LogP contribution is -2.37. The van der Waals surface area contributed by atoms with Crippen molar-refractivity contribution in [3.63, 3.8) is 0 Å². The predicted molar refractivity (Wildman–Crippen MR) is 81.1 cm³/mol. The minimum absolute atomic E-state index is 0.0297. The minimum atomic E-state index is -0.828. The number of imidazole rings is 1. The first kappa shape index (κ1) is 14.1. The topological polar surface area (TPSA) is 58.4 Å². The van der Waals surface area contributed by atoms with Crippen LogP contribution >= 0.6 is 0 Å². The number of fused-ring (bicyclic) bond motifs is 1. The van der Waals surface area contributed by atoms with Crippen LogP contribution in [0.15, 0.2) is 24.3 Å². The summed E-state index contributed by atoms with van der Waals surface area (Å²) in [5, 5.41) is 9.16. The molecule has 1 saturated heterocycles. The zero-order chi connectivity index (χ0) is 14.8. The Morgan fingerprint density at radius 3 is 2.95 bits per heavy atom. The molecule has 5 heteroatoms. The van der Waals surface area contributed by atoms with Crippen molar-refractivity contribution < 1.29 is 9.90 Å². The van der Waals surface area contributed by atoms with E-state index in [1.807, 2.05) is 28.8 Å². The molecule has 1 atom stereocenters. The van der Waals surface area contributed by atoms with Crippen molar-refractivity contribution in [2.75, 3.05) is 6.54 Å². The molecule has 1 unspecified atom stereocenters. The first-order valence-electron chi connectivity index (χ1n) is 7.55. The quantitative estimate of drug-likeness (QED) is 0.938. The lowest BCUT2D eigenvalue weighted by atomic mass is 10.0. The normalized spacial score (nSPS) is 20.0. The molecule has 0 saturated carbocycles. The number of likely N-dealkylation sites (tertiary alicyclic amines) is 1. The third-order valence-corrected chi connectivity index (χ3v) is 4.31. The van der Waals surface area contributed by atoms with Crippen molar-refractivity contribution in [1.82, 2.24) is 14.5 Å². The summed E-state index contributed by atoms with van der Waals surface area (Å²) in [6.07, 6.45) is 3.70. The molecule has 1 N–H and O–H groups in total. The average Bonchev–Trinajstić information content (AvgIpc) is 2.79. The molecule has 0 spiro atoms. The van der Waals surface area contributed by atoms with Crippen molar-refractivity contribution in [2.24, 2.45) is 0 Å². The van der Waals surface area contributed by atoms with Gasteiger partial charge in [0.2, 0.25) is 0 Å². The van der Waals surface area contributed by atoms with Crippen LogP contribution in [0.3, 0.4) is 0 Å². The van der Waals surface area contributed by atoms with Crippen LogP contribution in [0, 0.1) is 0 Å². The van der Waals surface area contributed by atoms with Gasteiger partial charge in [-0.1, -0.05) is 18.6 Å². The predicted octanol–water partition coefficient (Wildman–Crippen LogP) is 2.50. The lowest BCUT2D eigenvalue weighted by molar-refractivity contribution is -0.137. The second-order valence-electron chi connectivity index (χ2n) is 5.81. The van der Waals surface area contributed by atoms with Gasteiger partial charge in [0.1, 0.15) is 12.4 Å². The second-order valence-corrected chi connectivity index (χ2v) is 5.81. The molecule has 2 heterocycles. The van der Waals surface area contributed by atoms with Crippen LogP contribution < -0.4 is 0 Å². The Bertz CT molecular complexity index is 650. The highest BCUT2D eigenvalue weighted by atomic mass is 16.4. The van der Waals surface area contributed by atoms with Gasteiger partial charge in [-0.2, -0.15) is 0 Å². The van der Waals surface area contributed by atoms with E-state index in [2.05, 4.69) is 16.8 Å². The molecular weight excluding hydrogens is 266 g/mol. The number of hydrogen-bond acceptors (Lipinski definition) is 3. The van der Waals surface area contributed by atoms with E-state index in [0.29, 0.717) is 6.04 Å². The Morgan fingerprint density at radius 1 is 1.38 bits per heavy atom. The zero-order valence-corrected chi connectivity index (χ0v) is 12.3. The summed E-state index contributed by atoms with van der Waals surface area (Å²) in [5.74, 6) is 0.0263. The van der Waals surface area contributed by atoms with E-state index in [1.54, 1.807) is 0 Å². The smallest absolute Gasteiger partial charge is 0.323 e. The van der Waals surface area contributed by atoms with Gasteiger partial charge in [0, 0.05) is 6.04 Å². The van der Waals surface area contributed by atoms with Gasteiger partial charge in [0.15, 0.2) is 0 Å². The van der Waals surface area contributed by atoms with Crippen molar-refractivity contribution in [3.05, 3.63) is 30.1 Å². The largest absolute Gasteiger partial charge is 0.480 e. The van der Waals surface area contributed by atoms with E-state index in [9.17, 15) is 4.79 Å². The van der Waals surface area contributed by atoms with E-state index in [4.69, 9.17) is 5.11 Å².